The third-order valence-electron chi connectivity index (χ3n) is 5.53. The van der Waals surface area contributed by atoms with Gasteiger partial charge in [-0.2, -0.15) is 0 Å². The lowest BCUT2D eigenvalue weighted by atomic mass is 9.93. The van der Waals surface area contributed by atoms with Crippen LogP contribution in [0, 0.1) is 5.92 Å². The zero-order chi connectivity index (χ0) is 20.6. The van der Waals surface area contributed by atoms with Crippen LogP contribution in [-0.4, -0.2) is 38.8 Å². The van der Waals surface area contributed by atoms with E-state index < -0.39 is 0 Å². The van der Waals surface area contributed by atoms with Gasteiger partial charge in [0.15, 0.2) is 11.5 Å². The molecule has 0 saturated carbocycles. The van der Waals surface area contributed by atoms with E-state index in [0.29, 0.717) is 5.92 Å². The molecule has 2 aromatic carbocycles. The Balaban J connectivity index is 1.41. The molecule has 4 nitrogen and oxygen atoms in total. The number of piperidine rings is 1. The molecule has 1 aliphatic heterocycles. The van der Waals surface area contributed by atoms with Crippen LogP contribution in [0.15, 0.2) is 54.7 Å². The smallest absolute Gasteiger partial charge is 0.160 e. The third-order valence-corrected chi connectivity index (χ3v) is 5.78. The van der Waals surface area contributed by atoms with Crippen molar-refractivity contribution in [3.05, 3.63) is 65.3 Å². The van der Waals surface area contributed by atoms with Crippen LogP contribution in [0.3, 0.4) is 0 Å². The van der Waals surface area contributed by atoms with Crippen molar-refractivity contribution < 1.29 is 14.2 Å². The molecule has 0 radical (unpaired) electrons. The lowest BCUT2D eigenvalue weighted by Crippen LogP contribution is -2.33. The van der Waals surface area contributed by atoms with Gasteiger partial charge in [-0.1, -0.05) is 24.2 Å². The number of methoxy groups -OCH3 is 2. The normalized spacial score (nSPS) is 14.5. The molecule has 0 atom stereocenters. The van der Waals surface area contributed by atoms with Crippen LogP contribution in [-0.2, 0) is 6.42 Å². The first kappa shape index (κ1) is 21.4. The Kier molecular flexibility index (Phi) is 7.70. The Labute approximate surface area is 179 Å². The monoisotopic (exact) mass is 415 g/mol. The van der Waals surface area contributed by atoms with E-state index >= 15 is 0 Å². The molecule has 1 saturated heterocycles. The molecule has 0 aromatic heterocycles. The van der Waals surface area contributed by atoms with E-state index in [9.17, 15) is 0 Å². The summed E-state index contributed by atoms with van der Waals surface area (Å²) >= 11 is 5.91. The van der Waals surface area contributed by atoms with Crippen LogP contribution in [0.2, 0.25) is 5.02 Å². The van der Waals surface area contributed by atoms with E-state index in [1.165, 1.54) is 18.4 Å². The van der Waals surface area contributed by atoms with E-state index in [1.54, 1.807) is 14.2 Å². The molecule has 0 amide bonds. The zero-order valence-electron chi connectivity index (χ0n) is 17.3. The molecular weight excluding hydrogens is 386 g/mol. The lowest BCUT2D eigenvalue weighted by molar-refractivity contribution is 0.190. The Bertz CT molecular complexity index is 798. The van der Waals surface area contributed by atoms with Gasteiger partial charge in [-0.25, -0.2) is 0 Å². The van der Waals surface area contributed by atoms with E-state index in [-0.39, 0.29) is 0 Å². The Morgan fingerprint density at radius 2 is 1.72 bits per heavy atom. The number of rotatable bonds is 9. The van der Waals surface area contributed by atoms with Crippen LogP contribution < -0.4 is 14.2 Å². The number of likely N-dealkylation sites (tertiary alicyclic amines) is 1. The predicted octanol–water partition coefficient (Wildman–Crippen LogP) is 5.59. The second-order valence-corrected chi connectivity index (χ2v) is 7.89. The highest BCUT2D eigenvalue weighted by Gasteiger charge is 2.20. The van der Waals surface area contributed by atoms with Gasteiger partial charge in [0.25, 0.3) is 0 Å². The van der Waals surface area contributed by atoms with Crippen LogP contribution >= 0.6 is 11.6 Å². The fraction of sp³-hybridized carbons (Fsp3) is 0.417. The maximum atomic E-state index is 5.91. The van der Waals surface area contributed by atoms with Gasteiger partial charge >= 0.3 is 0 Å². The second-order valence-electron chi connectivity index (χ2n) is 7.45. The fourth-order valence-electron chi connectivity index (χ4n) is 3.75. The van der Waals surface area contributed by atoms with Gasteiger partial charge in [0.05, 0.1) is 20.8 Å². The van der Waals surface area contributed by atoms with Gasteiger partial charge in [-0.3, -0.25) is 0 Å². The summed E-state index contributed by atoms with van der Waals surface area (Å²) in [7, 11) is 3.32. The average molecular weight is 416 g/mol. The summed E-state index contributed by atoms with van der Waals surface area (Å²) in [4.78, 5) is 2.41. The van der Waals surface area contributed by atoms with E-state index in [0.717, 1.165) is 60.5 Å². The molecular formula is C24H30ClNO3. The quantitative estimate of drug-likeness (QED) is 0.533. The van der Waals surface area contributed by atoms with Gasteiger partial charge in [-0.15, -0.1) is 0 Å². The Hall–Kier alpha value is -2.33. The minimum absolute atomic E-state index is 0.701. The van der Waals surface area contributed by atoms with Gasteiger partial charge < -0.3 is 19.1 Å². The molecule has 0 spiro atoms. The topological polar surface area (TPSA) is 30.9 Å². The number of halogens is 1. The number of allylic oxidation sites excluding steroid dienone is 1. The van der Waals surface area contributed by atoms with Crippen molar-refractivity contribution >= 4 is 11.6 Å². The maximum Gasteiger partial charge on any atom is 0.160 e. The highest BCUT2D eigenvalue weighted by atomic mass is 35.5. The molecule has 0 N–H and O–H groups in total. The van der Waals surface area contributed by atoms with Crippen molar-refractivity contribution in [2.75, 3.05) is 33.9 Å². The van der Waals surface area contributed by atoms with Gasteiger partial charge in [0.2, 0.25) is 0 Å². The number of hydrogen-bond acceptors (Lipinski definition) is 4. The van der Waals surface area contributed by atoms with Crippen molar-refractivity contribution in [1.82, 2.24) is 4.90 Å². The third kappa shape index (κ3) is 6.07. The molecule has 1 heterocycles. The van der Waals surface area contributed by atoms with Gasteiger partial charge in [0.1, 0.15) is 5.75 Å². The molecule has 1 fully saturated rings. The number of nitrogens with zero attached hydrogens (tertiary/aromatic N) is 1. The zero-order valence-corrected chi connectivity index (χ0v) is 18.1. The van der Waals surface area contributed by atoms with Crippen molar-refractivity contribution in [1.29, 1.82) is 0 Å². The second kappa shape index (κ2) is 10.4. The van der Waals surface area contributed by atoms with Crippen LogP contribution in [0.25, 0.3) is 0 Å². The molecule has 0 bridgehead atoms. The van der Waals surface area contributed by atoms with Crippen LogP contribution in [0.4, 0.5) is 0 Å². The van der Waals surface area contributed by atoms with Crippen molar-refractivity contribution in [2.45, 2.75) is 25.7 Å². The lowest BCUT2D eigenvalue weighted by Gasteiger charge is -2.35. The van der Waals surface area contributed by atoms with Crippen molar-refractivity contribution in [3.63, 3.8) is 0 Å². The molecule has 29 heavy (non-hydrogen) atoms. The largest absolute Gasteiger partial charge is 0.494 e. The Morgan fingerprint density at radius 3 is 2.38 bits per heavy atom. The SMILES string of the molecule is C=C(Cc1ccc(OC)c(OC)c1)N1CCC(CCOc2ccc(Cl)cc2)CC1. The fourth-order valence-corrected chi connectivity index (χ4v) is 3.88. The molecule has 156 valence electrons. The maximum absolute atomic E-state index is 5.91. The summed E-state index contributed by atoms with van der Waals surface area (Å²) in [6.07, 6.45) is 4.26. The highest BCUT2D eigenvalue weighted by molar-refractivity contribution is 6.30. The number of ether oxygens (including phenoxy) is 3. The van der Waals surface area contributed by atoms with E-state index in [2.05, 4.69) is 17.5 Å². The van der Waals surface area contributed by atoms with Crippen LogP contribution in [0.1, 0.15) is 24.8 Å². The molecule has 5 heteroatoms. The summed E-state index contributed by atoms with van der Waals surface area (Å²) in [5.41, 5.74) is 2.35. The van der Waals surface area contributed by atoms with Gasteiger partial charge in [-0.05, 0) is 67.1 Å². The van der Waals surface area contributed by atoms with E-state index in [1.807, 2.05) is 36.4 Å². The molecule has 1 aliphatic rings. The Morgan fingerprint density at radius 1 is 1.03 bits per heavy atom. The van der Waals surface area contributed by atoms with Crippen LogP contribution in [0.5, 0.6) is 17.2 Å². The first-order valence-electron chi connectivity index (χ1n) is 10.1. The molecule has 0 aliphatic carbocycles. The minimum Gasteiger partial charge on any atom is -0.494 e. The first-order valence-corrected chi connectivity index (χ1v) is 10.5. The average Bonchev–Trinajstić information content (AvgIpc) is 2.75. The van der Waals surface area contributed by atoms with Crippen molar-refractivity contribution in [3.8, 4) is 17.2 Å². The molecule has 0 unspecified atom stereocenters. The van der Waals surface area contributed by atoms with E-state index in [4.69, 9.17) is 25.8 Å². The number of hydrogen-bond donors (Lipinski definition) is 0. The minimum atomic E-state index is 0.701. The first-order chi connectivity index (χ1) is 14.1. The summed E-state index contributed by atoms with van der Waals surface area (Å²) in [5, 5.41) is 0.734. The molecule has 3 rings (SSSR count). The summed E-state index contributed by atoms with van der Waals surface area (Å²) in [5.74, 6) is 3.10. The number of benzene rings is 2. The summed E-state index contributed by atoms with van der Waals surface area (Å²) in [6, 6.07) is 13.6. The summed E-state index contributed by atoms with van der Waals surface area (Å²) in [6.45, 7) is 7.18. The van der Waals surface area contributed by atoms with Gasteiger partial charge in [0, 0.05) is 30.2 Å². The summed E-state index contributed by atoms with van der Waals surface area (Å²) < 4.78 is 16.6. The molecule has 2 aromatic rings. The predicted molar refractivity (Wildman–Crippen MR) is 118 cm³/mol. The van der Waals surface area contributed by atoms with Crippen molar-refractivity contribution in [2.24, 2.45) is 5.92 Å². The highest BCUT2D eigenvalue weighted by Crippen LogP contribution is 2.30. The standard InChI is InChI=1S/C24H30ClNO3/c1-18(16-20-4-9-23(27-2)24(17-20)28-3)26-13-10-19(11-14-26)12-15-29-22-7-5-21(25)6-8-22/h4-9,17,19H,1,10-16H2,2-3H3.